The van der Waals surface area contributed by atoms with Crippen LogP contribution in [0.1, 0.15) is 44.1 Å². The smallest absolute Gasteiger partial charge is 0.259 e. The fourth-order valence-electron chi connectivity index (χ4n) is 4.03. The van der Waals surface area contributed by atoms with Crippen LogP contribution in [0.5, 0.6) is 0 Å². The average molecular weight is 451 g/mol. The second kappa shape index (κ2) is 8.23. The number of amides is 2. The van der Waals surface area contributed by atoms with Crippen molar-refractivity contribution in [1.82, 2.24) is 20.4 Å². The van der Waals surface area contributed by atoms with E-state index in [0.717, 1.165) is 4.88 Å². The number of carbonyl (C=O) groups excluding carboxylic acids is 2. The number of carbonyl (C=O) groups is 2. The largest absolute Gasteiger partial charge is 0.472 e. The molecule has 0 bridgehead atoms. The zero-order valence-corrected chi connectivity index (χ0v) is 18.6. The van der Waals surface area contributed by atoms with Gasteiger partial charge in [0.05, 0.1) is 39.0 Å². The fourth-order valence-corrected chi connectivity index (χ4v) is 4.86. The summed E-state index contributed by atoms with van der Waals surface area (Å²) in [4.78, 5) is 34.3. The molecule has 8 nitrogen and oxygen atoms in total. The molecule has 1 saturated heterocycles. The number of fused-ring (bicyclic) bond motifs is 1. The molecule has 32 heavy (non-hydrogen) atoms. The average Bonchev–Trinajstić information content (AvgIpc) is 3.55. The summed E-state index contributed by atoms with van der Waals surface area (Å²) in [7, 11) is 0. The van der Waals surface area contributed by atoms with Gasteiger partial charge in [-0.1, -0.05) is 5.16 Å². The third-order valence-electron chi connectivity index (χ3n) is 5.74. The summed E-state index contributed by atoms with van der Waals surface area (Å²) in [6.07, 6.45) is 4.32. The van der Waals surface area contributed by atoms with E-state index in [2.05, 4.69) is 15.5 Å². The van der Waals surface area contributed by atoms with Gasteiger partial charge in [0.1, 0.15) is 6.26 Å². The maximum Gasteiger partial charge on any atom is 0.259 e. The molecular weight excluding hydrogens is 428 g/mol. The summed E-state index contributed by atoms with van der Waals surface area (Å²) in [5.41, 5.74) is 2.74. The quantitative estimate of drug-likeness (QED) is 0.500. The third-order valence-corrected chi connectivity index (χ3v) is 6.76. The number of aryl methyl sites for hydroxylation is 2. The molecule has 2 amide bonds. The summed E-state index contributed by atoms with van der Waals surface area (Å²) in [5, 5.41) is 7.78. The first kappa shape index (κ1) is 20.4. The summed E-state index contributed by atoms with van der Waals surface area (Å²) in [5.74, 6) is -0.229. The third kappa shape index (κ3) is 3.80. The molecule has 5 heterocycles. The highest BCUT2D eigenvalue weighted by Crippen LogP contribution is 2.31. The summed E-state index contributed by atoms with van der Waals surface area (Å²) >= 11 is 1.61. The van der Waals surface area contributed by atoms with E-state index in [1.165, 1.54) is 17.4 Å². The van der Waals surface area contributed by atoms with Crippen LogP contribution in [0, 0.1) is 13.8 Å². The number of likely N-dealkylation sites (tertiary alicyclic amines) is 1. The van der Waals surface area contributed by atoms with Crippen molar-refractivity contribution in [2.24, 2.45) is 0 Å². The van der Waals surface area contributed by atoms with E-state index in [4.69, 9.17) is 8.94 Å². The Balaban J connectivity index is 1.34. The molecule has 164 valence electrons. The minimum absolute atomic E-state index is 0.0216. The summed E-state index contributed by atoms with van der Waals surface area (Å²) in [6, 6.07) is 7.47. The topological polar surface area (TPSA) is 101 Å². The zero-order chi connectivity index (χ0) is 22.2. The van der Waals surface area contributed by atoms with E-state index in [1.807, 2.05) is 25.1 Å². The number of nitrogens with one attached hydrogen (secondary N) is 1. The van der Waals surface area contributed by atoms with Crippen molar-refractivity contribution < 1.29 is 18.5 Å². The van der Waals surface area contributed by atoms with E-state index in [-0.39, 0.29) is 17.9 Å². The van der Waals surface area contributed by atoms with Crippen molar-refractivity contribution in [3.8, 4) is 10.6 Å². The number of aromatic nitrogens is 2. The van der Waals surface area contributed by atoms with Crippen molar-refractivity contribution in [1.29, 1.82) is 0 Å². The Morgan fingerprint density at radius 2 is 2.00 bits per heavy atom. The number of thiophene rings is 1. The van der Waals surface area contributed by atoms with E-state index in [9.17, 15) is 9.59 Å². The lowest BCUT2D eigenvalue weighted by Crippen LogP contribution is -2.46. The molecule has 4 aromatic heterocycles. The van der Waals surface area contributed by atoms with Crippen LogP contribution < -0.4 is 5.32 Å². The van der Waals surface area contributed by atoms with Crippen LogP contribution in [-0.2, 0) is 0 Å². The minimum atomic E-state index is -0.183. The Labute approximate surface area is 188 Å². The Kier molecular flexibility index (Phi) is 5.26. The van der Waals surface area contributed by atoms with Gasteiger partial charge in [0.15, 0.2) is 0 Å². The van der Waals surface area contributed by atoms with Gasteiger partial charge in [0.25, 0.3) is 17.5 Å². The van der Waals surface area contributed by atoms with Crippen LogP contribution in [0.25, 0.3) is 21.7 Å². The van der Waals surface area contributed by atoms with Gasteiger partial charge in [-0.3, -0.25) is 9.59 Å². The highest BCUT2D eigenvalue weighted by atomic mass is 32.1. The number of hydrogen-bond donors (Lipinski definition) is 1. The molecule has 1 aliphatic rings. The summed E-state index contributed by atoms with van der Waals surface area (Å²) < 4.78 is 10.4. The number of rotatable bonds is 4. The minimum Gasteiger partial charge on any atom is -0.472 e. The van der Waals surface area contributed by atoms with Crippen LogP contribution in [0.4, 0.5) is 0 Å². The normalized spacial score (nSPS) is 14.8. The predicted octanol–water partition coefficient (Wildman–Crippen LogP) is 4.20. The van der Waals surface area contributed by atoms with Gasteiger partial charge in [-0.05, 0) is 51.0 Å². The molecule has 0 aromatic carbocycles. The predicted molar refractivity (Wildman–Crippen MR) is 120 cm³/mol. The van der Waals surface area contributed by atoms with Crippen LogP contribution in [-0.4, -0.2) is 46.0 Å². The van der Waals surface area contributed by atoms with Crippen molar-refractivity contribution in [3.05, 3.63) is 58.5 Å². The maximum absolute atomic E-state index is 13.3. The molecule has 0 unspecified atom stereocenters. The highest BCUT2D eigenvalue weighted by molar-refractivity contribution is 7.15. The van der Waals surface area contributed by atoms with E-state index in [1.54, 1.807) is 29.2 Å². The lowest BCUT2D eigenvalue weighted by atomic mass is 10.0. The number of nitrogens with zero attached hydrogens (tertiary/aromatic N) is 3. The lowest BCUT2D eigenvalue weighted by molar-refractivity contribution is 0.0697. The summed E-state index contributed by atoms with van der Waals surface area (Å²) in [6.45, 7) is 4.99. The second-order valence-corrected chi connectivity index (χ2v) is 9.25. The van der Waals surface area contributed by atoms with Crippen LogP contribution in [0.2, 0.25) is 0 Å². The first-order valence-corrected chi connectivity index (χ1v) is 11.3. The van der Waals surface area contributed by atoms with Gasteiger partial charge < -0.3 is 19.2 Å². The maximum atomic E-state index is 13.3. The Hall–Kier alpha value is -3.46. The fraction of sp³-hybridized carbons (Fsp3) is 0.304. The Bertz CT molecular complexity index is 1280. The number of pyridine rings is 1. The molecule has 9 heteroatoms. The van der Waals surface area contributed by atoms with Crippen LogP contribution in [0.3, 0.4) is 0 Å². The lowest BCUT2D eigenvalue weighted by Gasteiger charge is -2.32. The zero-order valence-electron chi connectivity index (χ0n) is 17.8. The van der Waals surface area contributed by atoms with E-state index in [0.29, 0.717) is 59.5 Å². The SMILES string of the molecule is Cc1ccc(-c2cc(C(=O)NC3CCN(C(=O)c4ccoc4)CC3)c3c(C)noc3n2)s1. The van der Waals surface area contributed by atoms with Crippen molar-refractivity contribution >= 4 is 34.3 Å². The van der Waals surface area contributed by atoms with Crippen molar-refractivity contribution in [2.45, 2.75) is 32.7 Å². The standard InChI is InChI=1S/C23H22N4O4S/c1-13-3-4-19(32-13)18-11-17(20-14(2)26-31-22(20)25-18)21(28)24-16-5-8-27(9-6-16)23(29)15-7-10-30-12-15/h3-4,7,10-12,16H,5-6,8-9H2,1-2H3,(H,24,28). The van der Waals surface area contributed by atoms with Gasteiger partial charge in [-0.25, -0.2) is 4.98 Å². The number of piperidine rings is 1. The molecular formula is C23H22N4O4S. The molecule has 1 N–H and O–H groups in total. The van der Waals surface area contributed by atoms with Gasteiger partial charge >= 0.3 is 0 Å². The Morgan fingerprint density at radius 3 is 2.69 bits per heavy atom. The Morgan fingerprint density at radius 1 is 1.19 bits per heavy atom. The van der Waals surface area contributed by atoms with Crippen LogP contribution in [0.15, 0.2) is 45.7 Å². The van der Waals surface area contributed by atoms with Crippen molar-refractivity contribution in [3.63, 3.8) is 0 Å². The van der Waals surface area contributed by atoms with Gasteiger partial charge in [-0.2, -0.15) is 0 Å². The van der Waals surface area contributed by atoms with Gasteiger partial charge in [0, 0.05) is 24.0 Å². The molecule has 1 aliphatic heterocycles. The van der Waals surface area contributed by atoms with Crippen LogP contribution >= 0.6 is 11.3 Å². The first-order chi connectivity index (χ1) is 15.5. The highest BCUT2D eigenvalue weighted by Gasteiger charge is 2.27. The first-order valence-electron chi connectivity index (χ1n) is 10.5. The van der Waals surface area contributed by atoms with Gasteiger partial charge in [0.2, 0.25) is 0 Å². The molecule has 0 spiro atoms. The van der Waals surface area contributed by atoms with E-state index >= 15 is 0 Å². The number of furan rings is 1. The van der Waals surface area contributed by atoms with E-state index < -0.39 is 0 Å². The molecule has 5 rings (SSSR count). The monoisotopic (exact) mass is 450 g/mol. The molecule has 4 aromatic rings. The molecule has 0 atom stereocenters. The second-order valence-electron chi connectivity index (χ2n) is 7.97. The molecule has 0 saturated carbocycles. The van der Waals surface area contributed by atoms with Gasteiger partial charge in [-0.15, -0.1) is 11.3 Å². The number of hydrogen-bond acceptors (Lipinski definition) is 7. The molecule has 0 radical (unpaired) electrons. The van der Waals surface area contributed by atoms with Crippen molar-refractivity contribution in [2.75, 3.05) is 13.1 Å². The molecule has 0 aliphatic carbocycles. The molecule has 1 fully saturated rings.